The van der Waals surface area contributed by atoms with Crippen LogP contribution in [-0.4, -0.2) is 35.5 Å². The van der Waals surface area contributed by atoms with E-state index in [2.05, 4.69) is 9.89 Å². The molecule has 1 fully saturated rings. The summed E-state index contributed by atoms with van der Waals surface area (Å²) in [5.74, 6) is 1.32. The van der Waals surface area contributed by atoms with Gasteiger partial charge in [0.1, 0.15) is 5.84 Å². The van der Waals surface area contributed by atoms with E-state index in [9.17, 15) is 5.11 Å². The molecule has 1 aromatic rings. The predicted molar refractivity (Wildman–Crippen MR) is 68.0 cm³/mol. The fourth-order valence-corrected chi connectivity index (χ4v) is 2.85. The Balaban J connectivity index is 1.83. The number of nitrogens with zero attached hydrogens (tertiary/aromatic N) is 2. The number of benzene rings is 1. The molecule has 0 bridgehead atoms. The van der Waals surface area contributed by atoms with Gasteiger partial charge in [-0.3, -0.25) is 4.99 Å². The zero-order chi connectivity index (χ0) is 11.7. The van der Waals surface area contributed by atoms with E-state index in [0.29, 0.717) is 0 Å². The van der Waals surface area contributed by atoms with Crippen molar-refractivity contribution in [3.63, 3.8) is 0 Å². The third-order valence-electron chi connectivity index (χ3n) is 3.75. The SMILES string of the molecule is OC(c1ccccc1)C1CCN2CCCN=C12. The van der Waals surface area contributed by atoms with Crippen molar-refractivity contribution >= 4 is 5.84 Å². The zero-order valence-corrected chi connectivity index (χ0v) is 9.92. The molecule has 3 rings (SSSR count). The van der Waals surface area contributed by atoms with Gasteiger partial charge in [0, 0.05) is 25.6 Å². The highest BCUT2D eigenvalue weighted by atomic mass is 16.3. The number of hydrogen-bond donors (Lipinski definition) is 1. The molecule has 0 aliphatic carbocycles. The van der Waals surface area contributed by atoms with Gasteiger partial charge in [0.05, 0.1) is 6.10 Å². The Morgan fingerprint density at radius 1 is 1.24 bits per heavy atom. The normalized spacial score (nSPS) is 25.4. The molecule has 3 heteroatoms. The van der Waals surface area contributed by atoms with Crippen LogP contribution in [0.4, 0.5) is 0 Å². The summed E-state index contributed by atoms with van der Waals surface area (Å²) in [7, 11) is 0. The molecule has 0 amide bonds. The van der Waals surface area contributed by atoms with Crippen LogP contribution in [0.25, 0.3) is 0 Å². The van der Waals surface area contributed by atoms with Crippen molar-refractivity contribution in [3.05, 3.63) is 35.9 Å². The van der Waals surface area contributed by atoms with Crippen molar-refractivity contribution in [2.75, 3.05) is 19.6 Å². The van der Waals surface area contributed by atoms with Gasteiger partial charge in [0.25, 0.3) is 0 Å². The first kappa shape index (κ1) is 10.8. The second-order valence-electron chi connectivity index (χ2n) is 4.83. The van der Waals surface area contributed by atoms with E-state index < -0.39 is 6.10 Å². The molecule has 2 unspecified atom stereocenters. The number of hydrogen-bond acceptors (Lipinski definition) is 3. The van der Waals surface area contributed by atoms with Gasteiger partial charge in [-0.1, -0.05) is 30.3 Å². The van der Waals surface area contributed by atoms with Crippen LogP contribution in [0.5, 0.6) is 0 Å². The number of amidine groups is 1. The molecule has 90 valence electrons. The lowest BCUT2D eigenvalue weighted by Crippen LogP contribution is -2.34. The molecule has 1 N–H and O–H groups in total. The summed E-state index contributed by atoms with van der Waals surface area (Å²) in [6, 6.07) is 9.94. The average molecular weight is 230 g/mol. The maximum absolute atomic E-state index is 10.5. The van der Waals surface area contributed by atoms with Crippen LogP contribution >= 0.6 is 0 Å². The summed E-state index contributed by atoms with van der Waals surface area (Å²) in [5.41, 5.74) is 1.01. The molecule has 17 heavy (non-hydrogen) atoms. The minimum Gasteiger partial charge on any atom is -0.388 e. The average Bonchev–Trinajstić information content (AvgIpc) is 2.83. The van der Waals surface area contributed by atoms with E-state index >= 15 is 0 Å². The standard InChI is InChI=1S/C14H18N2O/c17-13(11-5-2-1-3-6-11)12-7-10-16-9-4-8-15-14(12)16/h1-3,5-6,12-13,17H,4,7-10H2. The van der Waals surface area contributed by atoms with Crippen LogP contribution in [0.3, 0.4) is 0 Å². The summed E-state index contributed by atoms with van der Waals surface area (Å²) >= 11 is 0. The Morgan fingerprint density at radius 3 is 2.88 bits per heavy atom. The largest absolute Gasteiger partial charge is 0.388 e. The van der Waals surface area contributed by atoms with Crippen LogP contribution < -0.4 is 0 Å². The lowest BCUT2D eigenvalue weighted by atomic mass is 9.94. The summed E-state index contributed by atoms with van der Waals surface area (Å²) in [6.45, 7) is 3.08. The predicted octanol–water partition coefficient (Wildman–Crippen LogP) is 1.84. The van der Waals surface area contributed by atoms with Crippen LogP contribution in [0.1, 0.15) is 24.5 Å². The molecule has 2 aliphatic rings. The highest BCUT2D eigenvalue weighted by Crippen LogP contribution is 2.33. The Kier molecular flexibility index (Phi) is 2.85. The smallest absolute Gasteiger partial charge is 0.105 e. The Morgan fingerprint density at radius 2 is 2.06 bits per heavy atom. The van der Waals surface area contributed by atoms with Crippen molar-refractivity contribution in [2.24, 2.45) is 10.9 Å². The zero-order valence-electron chi connectivity index (χ0n) is 9.92. The van der Waals surface area contributed by atoms with Gasteiger partial charge in [-0.05, 0) is 18.4 Å². The summed E-state index contributed by atoms with van der Waals surface area (Å²) in [5, 5.41) is 10.5. The van der Waals surface area contributed by atoms with Crippen LogP contribution in [0, 0.1) is 5.92 Å². The van der Waals surface area contributed by atoms with Gasteiger partial charge in [0.15, 0.2) is 0 Å². The number of aliphatic hydroxyl groups is 1. The van der Waals surface area contributed by atoms with Crippen molar-refractivity contribution in [1.82, 2.24) is 4.90 Å². The van der Waals surface area contributed by atoms with Gasteiger partial charge in [-0.25, -0.2) is 0 Å². The Hall–Kier alpha value is -1.35. The molecule has 2 heterocycles. The first-order valence-electron chi connectivity index (χ1n) is 6.38. The lowest BCUT2D eigenvalue weighted by molar-refractivity contribution is 0.141. The molecular formula is C14H18N2O. The highest BCUT2D eigenvalue weighted by Gasteiger charge is 2.35. The fraction of sp³-hybridized carbons (Fsp3) is 0.500. The molecule has 2 atom stereocenters. The molecule has 2 aliphatic heterocycles. The molecule has 0 radical (unpaired) electrons. The van der Waals surface area contributed by atoms with Gasteiger partial charge in [0.2, 0.25) is 0 Å². The second-order valence-corrected chi connectivity index (χ2v) is 4.83. The fourth-order valence-electron chi connectivity index (χ4n) is 2.85. The summed E-state index contributed by atoms with van der Waals surface area (Å²) in [6.07, 6.45) is 1.77. The van der Waals surface area contributed by atoms with E-state index in [-0.39, 0.29) is 5.92 Å². The molecule has 1 saturated heterocycles. The van der Waals surface area contributed by atoms with Crippen molar-refractivity contribution < 1.29 is 5.11 Å². The molecule has 0 saturated carbocycles. The number of rotatable bonds is 2. The summed E-state index contributed by atoms with van der Waals surface area (Å²) in [4.78, 5) is 6.94. The minimum atomic E-state index is -0.405. The minimum absolute atomic E-state index is 0.192. The highest BCUT2D eigenvalue weighted by molar-refractivity contribution is 5.87. The van der Waals surface area contributed by atoms with Crippen LogP contribution in [0.15, 0.2) is 35.3 Å². The number of aliphatic hydroxyl groups excluding tert-OH is 1. The molecule has 0 spiro atoms. The van der Waals surface area contributed by atoms with E-state index in [1.165, 1.54) is 0 Å². The quantitative estimate of drug-likeness (QED) is 0.841. The maximum atomic E-state index is 10.5. The van der Waals surface area contributed by atoms with Gasteiger partial charge < -0.3 is 10.0 Å². The van der Waals surface area contributed by atoms with Gasteiger partial charge in [-0.2, -0.15) is 0 Å². The van der Waals surface area contributed by atoms with E-state index in [1.54, 1.807) is 0 Å². The van der Waals surface area contributed by atoms with Crippen molar-refractivity contribution in [3.8, 4) is 0 Å². The first-order chi connectivity index (χ1) is 8.36. The number of fused-ring (bicyclic) bond motifs is 1. The maximum Gasteiger partial charge on any atom is 0.105 e. The van der Waals surface area contributed by atoms with E-state index in [1.807, 2.05) is 30.3 Å². The van der Waals surface area contributed by atoms with E-state index in [4.69, 9.17) is 0 Å². The lowest BCUT2D eigenvalue weighted by Gasteiger charge is -2.26. The van der Waals surface area contributed by atoms with Crippen LogP contribution in [0.2, 0.25) is 0 Å². The Labute approximate surface area is 102 Å². The van der Waals surface area contributed by atoms with Crippen molar-refractivity contribution in [1.29, 1.82) is 0 Å². The monoisotopic (exact) mass is 230 g/mol. The van der Waals surface area contributed by atoms with Gasteiger partial charge >= 0.3 is 0 Å². The Bertz CT molecular complexity index is 415. The first-order valence-corrected chi connectivity index (χ1v) is 6.38. The third-order valence-corrected chi connectivity index (χ3v) is 3.75. The third kappa shape index (κ3) is 1.95. The molecule has 0 aromatic heterocycles. The summed E-state index contributed by atoms with van der Waals surface area (Å²) < 4.78 is 0. The molecular weight excluding hydrogens is 212 g/mol. The number of aliphatic imine (C=N–C) groups is 1. The van der Waals surface area contributed by atoms with Crippen LogP contribution in [-0.2, 0) is 0 Å². The van der Waals surface area contributed by atoms with E-state index in [0.717, 1.165) is 43.9 Å². The topological polar surface area (TPSA) is 35.8 Å². The second kappa shape index (κ2) is 4.49. The molecule has 3 nitrogen and oxygen atoms in total. The molecule has 1 aromatic carbocycles. The van der Waals surface area contributed by atoms with Crippen molar-refractivity contribution in [2.45, 2.75) is 18.9 Å². The van der Waals surface area contributed by atoms with Gasteiger partial charge in [-0.15, -0.1) is 0 Å².